The number of nitrogens with zero attached hydrogens (tertiary/aromatic N) is 2. The lowest BCUT2D eigenvalue weighted by atomic mass is 10.2. The molecule has 1 aromatic heterocycles. The van der Waals surface area contributed by atoms with Gasteiger partial charge in [0.2, 0.25) is 0 Å². The van der Waals surface area contributed by atoms with Crippen molar-refractivity contribution in [1.82, 2.24) is 4.98 Å². The molecule has 0 aliphatic rings. The second-order valence-corrected chi connectivity index (χ2v) is 2.41. The highest BCUT2D eigenvalue weighted by Gasteiger charge is 2.10. The predicted octanol–water partition coefficient (Wildman–Crippen LogP) is 1.61. The maximum Gasteiger partial charge on any atom is 0.366 e. The SMILES string of the molecule is Cc1cnc([N+](=O)[O-])c(C)c1. The summed E-state index contributed by atoms with van der Waals surface area (Å²) in [7, 11) is 0. The molecule has 0 radical (unpaired) electrons. The summed E-state index contributed by atoms with van der Waals surface area (Å²) in [6, 6.07) is 1.74. The van der Waals surface area contributed by atoms with E-state index in [9.17, 15) is 10.1 Å². The number of hydrogen-bond acceptors (Lipinski definition) is 3. The molecule has 0 saturated heterocycles. The van der Waals surface area contributed by atoms with E-state index in [1.807, 2.05) is 6.92 Å². The Morgan fingerprint density at radius 2 is 2.18 bits per heavy atom. The molecule has 1 heterocycles. The molecule has 0 aliphatic carbocycles. The van der Waals surface area contributed by atoms with Crippen LogP contribution in [0.15, 0.2) is 12.3 Å². The van der Waals surface area contributed by atoms with Crippen molar-refractivity contribution < 1.29 is 4.92 Å². The second-order valence-electron chi connectivity index (χ2n) is 2.41. The lowest BCUT2D eigenvalue weighted by Crippen LogP contribution is -1.95. The smallest absolute Gasteiger partial charge is 0.358 e. The van der Waals surface area contributed by atoms with Crippen LogP contribution in [0.3, 0.4) is 0 Å². The van der Waals surface area contributed by atoms with Gasteiger partial charge in [-0.05, 0) is 35.4 Å². The zero-order chi connectivity index (χ0) is 8.43. The molecular weight excluding hydrogens is 144 g/mol. The van der Waals surface area contributed by atoms with E-state index < -0.39 is 4.92 Å². The van der Waals surface area contributed by atoms with Crippen LogP contribution in [0, 0.1) is 24.0 Å². The van der Waals surface area contributed by atoms with Crippen LogP contribution in [0.5, 0.6) is 0 Å². The third-order valence-electron chi connectivity index (χ3n) is 1.36. The van der Waals surface area contributed by atoms with Crippen LogP contribution in [0.2, 0.25) is 0 Å². The van der Waals surface area contributed by atoms with Crippen LogP contribution in [-0.2, 0) is 0 Å². The molecule has 0 atom stereocenters. The van der Waals surface area contributed by atoms with Crippen molar-refractivity contribution >= 4 is 5.82 Å². The fourth-order valence-electron chi connectivity index (χ4n) is 0.899. The van der Waals surface area contributed by atoms with E-state index >= 15 is 0 Å². The van der Waals surface area contributed by atoms with Gasteiger partial charge in [-0.15, -0.1) is 0 Å². The summed E-state index contributed by atoms with van der Waals surface area (Å²) < 4.78 is 0. The molecule has 0 unspecified atom stereocenters. The second kappa shape index (κ2) is 2.65. The molecule has 0 bridgehead atoms. The van der Waals surface area contributed by atoms with Crippen molar-refractivity contribution in [2.24, 2.45) is 0 Å². The minimum Gasteiger partial charge on any atom is -0.358 e. The molecule has 0 aromatic carbocycles. The normalized spacial score (nSPS) is 9.64. The van der Waals surface area contributed by atoms with Crippen molar-refractivity contribution in [2.75, 3.05) is 0 Å². The van der Waals surface area contributed by atoms with Crippen LogP contribution in [0.25, 0.3) is 0 Å². The Kier molecular flexibility index (Phi) is 1.85. The molecule has 0 amide bonds. The predicted molar refractivity (Wildman–Crippen MR) is 40.4 cm³/mol. The molecule has 58 valence electrons. The maximum atomic E-state index is 10.3. The van der Waals surface area contributed by atoms with E-state index in [0.717, 1.165) is 5.56 Å². The summed E-state index contributed by atoms with van der Waals surface area (Å²) in [5, 5.41) is 10.3. The molecule has 4 nitrogen and oxygen atoms in total. The third kappa shape index (κ3) is 1.52. The lowest BCUT2D eigenvalue weighted by molar-refractivity contribution is -0.390. The Morgan fingerprint density at radius 3 is 2.64 bits per heavy atom. The summed E-state index contributed by atoms with van der Waals surface area (Å²) >= 11 is 0. The molecule has 1 rings (SSSR count). The fourth-order valence-corrected chi connectivity index (χ4v) is 0.899. The highest BCUT2D eigenvalue weighted by molar-refractivity contribution is 5.32. The number of pyridine rings is 1. The quantitative estimate of drug-likeness (QED) is 0.453. The highest BCUT2D eigenvalue weighted by Crippen LogP contribution is 2.13. The molecule has 4 heteroatoms. The van der Waals surface area contributed by atoms with E-state index in [1.54, 1.807) is 13.0 Å². The monoisotopic (exact) mass is 152 g/mol. The number of aryl methyl sites for hydroxylation is 2. The Labute approximate surface area is 64.0 Å². The summed E-state index contributed by atoms with van der Waals surface area (Å²) in [4.78, 5) is 13.5. The topological polar surface area (TPSA) is 56.0 Å². The van der Waals surface area contributed by atoms with E-state index in [2.05, 4.69) is 4.98 Å². The first kappa shape index (κ1) is 7.65. The molecule has 11 heavy (non-hydrogen) atoms. The van der Waals surface area contributed by atoms with Crippen LogP contribution >= 0.6 is 0 Å². The molecular formula is C7H8N2O2. The van der Waals surface area contributed by atoms with Crippen LogP contribution in [-0.4, -0.2) is 9.91 Å². The molecule has 0 fully saturated rings. The summed E-state index contributed by atoms with van der Waals surface area (Å²) in [6.45, 7) is 3.53. The average Bonchev–Trinajstić information content (AvgIpc) is 1.85. The first-order valence-corrected chi connectivity index (χ1v) is 3.19. The van der Waals surface area contributed by atoms with Crippen molar-refractivity contribution in [1.29, 1.82) is 0 Å². The first-order valence-electron chi connectivity index (χ1n) is 3.19. The van der Waals surface area contributed by atoms with E-state index in [1.165, 1.54) is 6.20 Å². The standard InChI is InChI=1S/C7H8N2O2/c1-5-3-6(2)7(8-4-5)9(10)11/h3-4H,1-2H3. The Hall–Kier alpha value is -1.45. The van der Waals surface area contributed by atoms with Crippen molar-refractivity contribution in [3.8, 4) is 0 Å². The fraction of sp³-hybridized carbons (Fsp3) is 0.286. The number of rotatable bonds is 1. The lowest BCUT2D eigenvalue weighted by Gasteiger charge is -1.95. The van der Waals surface area contributed by atoms with Gasteiger partial charge in [0.1, 0.15) is 6.20 Å². The van der Waals surface area contributed by atoms with Gasteiger partial charge in [-0.3, -0.25) is 0 Å². The summed E-state index contributed by atoms with van der Waals surface area (Å²) in [6.07, 6.45) is 1.49. The van der Waals surface area contributed by atoms with Gasteiger partial charge in [-0.1, -0.05) is 0 Å². The molecule has 0 aliphatic heterocycles. The Morgan fingerprint density at radius 1 is 1.55 bits per heavy atom. The Bertz CT molecular complexity index is 296. The molecule has 1 aromatic rings. The number of hydrogen-bond donors (Lipinski definition) is 0. The van der Waals surface area contributed by atoms with Gasteiger partial charge < -0.3 is 10.1 Å². The highest BCUT2D eigenvalue weighted by atomic mass is 16.6. The summed E-state index contributed by atoms with van der Waals surface area (Å²) in [5.74, 6) is -0.0596. The van der Waals surface area contributed by atoms with Crippen molar-refractivity contribution in [3.63, 3.8) is 0 Å². The van der Waals surface area contributed by atoms with Crippen molar-refractivity contribution in [2.45, 2.75) is 13.8 Å². The Balaban J connectivity index is 3.20. The van der Waals surface area contributed by atoms with Gasteiger partial charge in [0.15, 0.2) is 0 Å². The van der Waals surface area contributed by atoms with Gasteiger partial charge in [-0.25, -0.2) is 0 Å². The van der Waals surface area contributed by atoms with E-state index in [0.29, 0.717) is 5.56 Å². The zero-order valence-electron chi connectivity index (χ0n) is 6.37. The van der Waals surface area contributed by atoms with Gasteiger partial charge in [-0.2, -0.15) is 0 Å². The third-order valence-corrected chi connectivity index (χ3v) is 1.36. The molecule has 0 saturated carbocycles. The minimum atomic E-state index is -0.477. The largest absolute Gasteiger partial charge is 0.366 e. The number of aromatic nitrogens is 1. The van der Waals surface area contributed by atoms with E-state index in [4.69, 9.17) is 0 Å². The van der Waals surface area contributed by atoms with E-state index in [-0.39, 0.29) is 5.82 Å². The number of nitro groups is 1. The average molecular weight is 152 g/mol. The van der Waals surface area contributed by atoms with Gasteiger partial charge in [0.25, 0.3) is 0 Å². The van der Waals surface area contributed by atoms with Gasteiger partial charge >= 0.3 is 5.82 Å². The van der Waals surface area contributed by atoms with Crippen molar-refractivity contribution in [3.05, 3.63) is 33.5 Å². The zero-order valence-corrected chi connectivity index (χ0v) is 6.37. The summed E-state index contributed by atoms with van der Waals surface area (Å²) in [5.41, 5.74) is 1.54. The van der Waals surface area contributed by atoms with Crippen LogP contribution < -0.4 is 0 Å². The van der Waals surface area contributed by atoms with Crippen LogP contribution in [0.4, 0.5) is 5.82 Å². The molecule has 0 N–H and O–H groups in total. The van der Waals surface area contributed by atoms with Gasteiger partial charge in [0.05, 0.1) is 0 Å². The minimum absolute atomic E-state index is 0.0596. The van der Waals surface area contributed by atoms with Crippen LogP contribution in [0.1, 0.15) is 11.1 Å². The molecule has 0 spiro atoms. The maximum absolute atomic E-state index is 10.3. The van der Waals surface area contributed by atoms with Gasteiger partial charge in [0, 0.05) is 5.56 Å². The first-order chi connectivity index (χ1) is 5.11.